The molecule has 0 fully saturated rings. The van der Waals surface area contributed by atoms with Gasteiger partial charge in [-0.25, -0.2) is 9.97 Å². The first kappa shape index (κ1) is 12.9. The normalized spacial score (nSPS) is 10.8. The fraction of sp³-hybridized carbons (Fsp3) is 0.417. The van der Waals surface area contributed by atoms with E-state index < -0.39 is 0 Å². The Balaban J connectivity index is 2.30. The lowest BCUT2D eigenvalue weighted by Gasteiger charge is -2.05. The molecule has 0 spiro atoms. The third-order valence-electron chi connectivity index (χ3n) is 2.51. The molecule has 0 radical (unpaired) electrons. The third-order valence-corrected chi connectivity index (χ3v) is 3.52. The second kappa shape index (κ2) is 5.39. The summed E-state index contributed by atoms with van der Waals surface area (Å²) in [5, 5.41) is 6.06. The monoisotopic (exact) mass is 263 g/mol. The van der Waals surface area contributed by atoms with Crippen LogP contribution >= 0.6 is 11.8 Å². The number of rotatable bonds is 4. The van der Waals surface area contributed by atoms with E-state index in [4.69, 9.17) is 5.73 Å². The molecule has 0 bridgehead atoms. The number of aryl methyl sites for hydroxylation is 3. The van der Waals surface area contributed by atoms with Crippen LogP contribution in [0.4, 0.5) is 5.69 Å². The quantitative estimate of drug-likeness (QED) is 0.858. The lowest BCUT2D eigenvalue weighted by atomic mass is 10.4. The number of nitrogens with two attached hydrogens (primary N) is 1. The summed E-state index contributed by atoms with van der Waals surface area (Å²) >= 11 is 1.46. The van der Waals surface area contributed by atoms with Gasteiger partial charge in [-0.15, -0.1) is 0 Å². The highest BCUT2D eigenvalue weighted by Gasteiger charge is 2.14. The molecule has 0 saturated heterocycles. The zero-order valence-corrected chi connectivity index (χ0v) is 11.7. The van der Waals surface area contributed by atoms with Crippen LogP contribution < -0.4 is 5.73 Å². The number of anilines is 1. The molecule has 96 valence electrons. The molecule has 0 aromatic carbocycles. The van der Waals surface area contributed by atoms with Crippen LogP contribution in [0.5, 0.6) is 0 Å². The van der Waals surface area contributed by atoms with Crippen molar-refractivity contribution in [3.05, 3.63) is 23.7 Å². The maximum absolute atomic E-state index is 6.05. The molecule has 0 unspecified atom stereocenters. The van der Waals surface area contributed by atoms with Gasteiger partial charge in [-0.3, -0.25) is 4.68 Å². The molecule has 0 aliphatic heterocycles. The molecule has 18 heavy (non-hydrogen) atoms. The van der Waals surface area contributed by atoms with Gasteiger partial charge in [0.1, 0.15) is 5.03 Å². The smallest absolute Gasteiger partial charge is 0.193 e. The molecule has 6 heteroatoms. The van der Waals surface area contributed by atoms with Gasteiger partial charge in [0.05, 0.1) is 11.4 Å². The summed E-state index contributed by atoms with van der Waals surface area (Å²) in [6.07, 6.45) is 4.63. The van der Waals surface area contributed by atoms with Gasteiger partial charge in [0.2, 0.25) is 0 Å². The number of nitrogen functional groups attached to an aromatic ring is 1. The molecular formula is C12H17N5S. The molecule has 2 heterocycles. The number of nitrogens with zero attached hydrogens (tertiary/aromatic N) is 4. The van der Waals surface area contributed by atoms with Crippen molar-refractivity contribution in [2.75, 3.05) is 5.73 Å². The SMILES string of the molecule is CCCn1nc(C)c(N)c1Sc1ncc(C)cn1. The van der Waals surface area contributed by atoms with Crippen LogP contribution in [0.1, 0.15) is 24.6 Å². The summed E-state index contributed by atoms with van der Waals surface area (Å²) in [4.78, 5) is 8.56. The largest absolute Gasteiger partial charge is 0.395 e. The lowest BCUT2D eigenvalue weighted by molar-refractivity contribution is 0.555. The van der Waals surface area contributed by atoms with Crippen molar-refractivity contribution in [2.45, 2.75) is 43.9 Å². The van der Waals surface area contributed by atoms with Gasteiger partial charge in [0, 0.05) is 18.9 Å². The minimum absolute atomic E-state index is 0.699. The van der Waals surface area contributed by atoms with E-state index in [1.165, 1.54) is 11.8 Å². The fourth-order valence-corrected chi connectivity index (χ4v) is 2.44. The molecular weight excluding hydrogens is 246 g/mol. The van der Waals surface area contributed by atoms with Crippen molar-refractivity contribution >= 4 is 17.4 Å². The Kier molecular flexibility index (Phi) is 3.86. The van der Waals surface area contributed by atoms with Gasteiger partial charge in [0.15, 0.2) is 5.16 Å². The van der Waals surface area contributed by atoms with Crippen LogP contribution in [0.15, 0.2) is 22.6 Å². The predicted molar refractivity (Wildman–Crippen MR) is 72.6 cm³/mol. The van der Waals surface area contributed by atoms with Crippen LogP contribution in [0.2, 0.25) is 0 Å². The Labute approximate surface area is 111 Å². The first-order valence-electron chi connectivity index (χ1n) is 5.91. The molecule has 0 saturated carbocycles. The molecule has 0 aliphatic rings. The number of hydrogen-bond donors (Lipinski definition) is 1. The van der Waals surface area contributed by atoms with Gasteiger partial charge in [-0.05, 0) is 37.6 Å². The number of aromatic nitrogens is 4. The van der Waals surface area contributed by atoms with Crippen molar-refractivity contribution in [3.63, 3.8) is 0 Å². The summed E-state index contributed by atoms with van der Waals surface area (Å²) in [6, 6.07) is 0. The molecule has 0 atom stereocenters. The van der Waals surface area contributed by atoms with Gasteiger partial charge in [-0.1, -0.05) is 6.92 Å². The van der Waals surface area contributed by atoms with Crippen LogP contribution in [-0.2, 0) is 6.54 Å². The predicted octanol–water partition coefficient (Wildman–Crippen LogP) is 2.43. The highest BCUT2D eigenvalue weighted by molar-refractivity contribution is 7.99. The Morgan fingerprint density at radius 1 is 1.28 bits per heavy atom. The standard InChI is InChI=1S/C12H17N5S/c1-4-5-17-11(10(13)9(3)16-17)18-12-14-6-8(2)7-15-12/h6-7H,4-5,13H2,1-3H3. The van der Waals surface area contributed by atoms with E-state index in [9.17, 15) is 0 Å². The highest BCUT2D eigenvalue weighted by Crippen LogP contribution is 2.31. The summed E-state index contributed by atoms with van der Waals surface area (Å²) in [6.45, 7) is 6.85. The van der Waals surface area contributed by atoms with Gasteiger partial charge < -0.3 is 5.73 Å². The number of hydrogen-bond acceptors (Lipinski definition) is 5. The topological polar surface area (TPSA) is 69.6 Å². The van der Waals surface area contributed by atoms with Crippen molar-refractivity contribution in [2.24, 2.45) is 0 Å². The third kappa shape index (κ3) is 2.64. The zero-order chi connectivity index (χ0) is 13.1. The zero-order valence-electron chi connectivity index (χ0n) is 10.8. The Hall–Kier alpha value is -1.56. The second-order valence-corrected chi connectivity index (χ2v) is 5.13. The van der Waals surface area contributed by atoms with E-state index in [-0.39, 0.29) is 0 Å². The summed E-state index contributed by atoms with van der Waals surface area (Å²) in [7, 11) is 0. The Morgan fingerprint density at radius 3 is 2.56 bits per heavy atom. The molecule has 2 aromatic heterocycles. The second-order valence-electron chi connectivity index (χ2n) is 4.17. The van der Waals surface area contributed by atoms with Crippen LogP contribution in [0, 0.1) is 13.8 Å². The molecule has 0 amide bonds. The molecule has 0 aliphatic carbocycles. The van der Waals surface area contributed by atoms with E-state index in [2.05, 4.69) is 22.0 Å². The first-order chi connectivity index (χ1) is 8.61. The van der Waals surface area contributed by atoms with E-state index in [1.807, 2.05) is 18.5 Å². The average molecular weight is 263 g/mol. The lowest BCUT2D eigenvalue weighted by Crippen LogP contribution is -2.02. The minimum atomic E-state index is 0.699. The first-order valence-corrected chi connectivity index (χ1v) is 6.72. The van der Waals surface area contributed by atoms with Crippen molar-refractivity contribution in [1.29, 1.82) is 0 Å². The van der Waals surface area contributed by atoms with Gasteiger partial charge in [-0.2, -0.15) is 5.10 Å². The minimum Gasteiger partial charge on any atom is -0.395 e. The van der Waals surface area contributed by atoms with E-state index in [1.54, 1.807) is 12.4 Å². The van der Waals surface area contributed by atoms with Gasteiger partial charge >= 0.3 is 0 Å². The summed E-state index contributed by atoms with van der Waals surface area (Å²) in [5.74, 6) is 0. The van der Waals surface area contributed by atoms with Crippen molar-refractivity contribution in [1.82, 2.24) is 19.7 Å². The van der Waals surface area contributed by atoms with Crippen LogP contribution in [0.25, 0.3) is 0 Å². The average Bonchev–Trinajstić information content (AvgIpc) is 2.60. The summed E-state index contributed by atoms with van der Waals surface area (Å²) in [5.41, 5.74) is 8.68. The Morgan fingerprint density at radius 2 is 1.94 bits per heavy atom. The van der Waals surface area contributed by atoms with Crippen LogP contribution in [-0.4, -0.2) is 19.7 Å². The molecule has 2 aromatic rings. The summed E-state index contributed by atoms with van der Waals surface area (Å²) < 4.78 is 1.93. The maximum atomic E-state index is 6.05. The fourth-order valence-electron chi connectivity index (χ4n) is 1.57. The van der Waals surface area contributed by atoms with E-state index in [0.29, 0.717) is 5.16 Å². The van der Waals surface area contributed by atoms with Crippen molar-refractivity contribution < 1.29 is 0 Å². The van der Waals surface area contributed by atoms with E-state index in [0.717, 1.165) is 34.9 Å². The van der Waals surface area contributed by atoms with Crippen molar-refractivity contribution in [3.8, 4) is 0 Å². The van der Waals surface area contributed by atoms with Gasteiger partial charge in [0.25, 0.3) is 0 Å². The molecule has 2 N–H and O–H groups in total. The highest BCUT2D eigenvalue weighted by atomic mass is 32.2. The maximum Gasteiger partial charge on any atom is 0.193 e. The molecule has 2 rings (SSSR count). The Bertz CT molecular complexity index is 532. The van der Waals surface area contributed by atoms with Crippen LogP contribution in [0.3, 0.4) is 0 Å². The van der Waals surface area contributed by atoms with E-state index >= 15 is 0 Å². The molecule has 5 nitrogen and oxygen atoms in total.